The summed E-state index contributed by atoms with van der Waals surface area (Å²) in [6, 6.07) is 9.67. The molecule has 1 amide bonds. The lowest BCUT2D eigenvalue weighted by Crippen LogP contribution is -2.23. The minimum Gasteiger partial charge on any atom is -0.493 e. The molecule has 0 radical (unpaired) electrons. The minimum atomic E-state index is -0.735. The van der Waals surface area contributed by atoms with Crippen LogP contribution < -0.4 is 14.8 Å². The molecule has 0 atom stereocenters. The van der Waals surface area contributed by atoms with Crippen molar-refractivity contribution in [3.63, 3.8) is 0 Å². The summed E-state index contributed by atoms with van der Waals surface area (Å²) in [6.07, 6.45) is 0.666. The quantitative estimate of drug-likeness (QED) is 0.549. The Kier molecular flexibility index (Phi) is 7.19. The van der Waals surface area contributed by atoms with Gasteiger partial charge in [-0.25, -0.2) is 4.79 Å². The molecule has 0 saturated carbocycles. The number of ether oxygens (including phenoxy) is 3. The molecule has 0 aliphatic rings. The fourth-order valence-electron chi connectivity index (χ4n) is 2.11. The van der Waals surface area contributed by atoms with Crippen LogP contribution in [-0.2, 0) is 14.3 Å². The highest BCUT2D eigenvalue weighted by atomic mass is 35.5. The maximum Gasteiger partial charge on any atom is 0.344 e. The summed E-state index contributed by atoms with van der Waals surface area (Å²) in [5.74, 6) is -0.682. The van der Waals surface area contributed by atoms with Gasteiger partial charge in [0.25, 0.3) is 5.91 Å². The predicted molar refractivity (Wildman–Crippen MR) is 99.7 cm³/mol. The highest BCUT2D eigenvalue weighted by Gasteiger charge is 2.12. The van der Waals surface area contributed by atoms with Gasteiger partial charge >= 0.3 is 5.97 Å². The van der Waals surface area contributed by atoms with Gasteiger partial charge in [-0.05, 0) is 42.8 Å². The van der Waals surface area contributed by atoms with E-state index in [4.69, 9.17) is 25.8 Å². The lowest BCUT2D eigenvalue weighted by Gasteiger charge is -2.11. The van der Waals surface area contributed by atoms with Crippen molar-refractivity contribution in [2.45, 2.75) is 6.92 Å². The zero-order valence-corrected chi connectivity index (χ0v) is 15.5. The molecule has 0 aromatic heterocycles. The van der Waals surface area contributed by atoms with E-state index in [-0.39, 0.29) is 5.75 Å². The molecule has 2 rings (SSSR count). The topological polar surface area (TPSA) is 90.9 Å². The molecule has 0 aliphatic carbocycles. The molecule has 0 bridgehead atoms. The molecular weight excluding hydrogens is 374 g/mol. The Hall–Kier alpha value is -3.06. The van der Waals surface area contributed by atoms with E-state index < -0.39 is 25.1 Å². The number of carbonyl (C=O) groups excluding carboxylic acids is 3. The summed E-state index contributed by atoms with van der Waals surface area (Å²) in [5.41, 5.74) is 1.80. The van der Waals surface area contributed by atoms with Crippen LogP contribution in [0.15, 0.2) is 36.4 Å². The average Bonchev–Trinajstić information content (AvgIpc) is 2.66. The molecule has 2 aromatic rings. The summed E-state index contributed by atoms with van der Waals surface area (Å²) >= 11 is 6.03. The van der Waals surface area contributed by atoms with Crippen molar-refractivity contribution < 1.29 is 28.6 Å². The Morgan fingerprint density at radius 2 is 1.89 bits per heavy atom. The number of rotatable bonds is 8. The molecule has 0 unspecified atom stereocenters. The first-order valence-corrected chi connectivity index (χ1v) is 8.28. The van der Waals surface area contributed by atoms with E-state index in [1.54, 1.807) is 18.2 Å². The van der Waals surface area contributed by atoms with Crippen molar-refractivity contribution in [3.8, 4) is 11.5 Å². The second kappa shape index (κ2) is 9.59. The van der Waals surface area contributed by atoms with E-state index in [9.17, 15) is 14.4 Å². The Bertz CT molecular complexity index is 852. The molecule has 0 fully saturated rings. The Labute approximate surface area is 161 Å². The number of aryl methyl sites for hydroxylation is 1. The van der Waals surface area contributed by atoms with Crippen molar-refractivity contribution in [2.75, 3.05) is 25.6 Å². The average molecular weight is 392 g/mol. The number of carbonyl (C=O) groups is 3. The third-order valence-electron chi connectivity index (χ3n) is 3.43. The number of aldehydes is 1. The summed E-state index contributed by atoms with van der Waals surface area (Å²) in [5, 5.41) is 2.95. The smallest absolute Gasteiger partial charge is 0.344 e. The first-order chi connectivity index (χ1) is 12.9. The van der Waals surface area contributed by atoms with Crippen LogP contribution in [0.2, 0.25) is 5.02 Å². The normalized spacial score (nSPS) is 10.0. The highest BCUT2D eigenvalue weighted by molar-refractivity contribution is 6.33. The number of benzene rings is 2. The number of amides is 1. The van der Waals surface area contributed by atoms with Crippen LogP contribution in [0.25, 0.3) is 0 Å². The Morgan fingerprint density at radius 1 is 1.11 bits per heavy atom. The predicted octanol–water partition coefficient (Wildman–Crippen LogP) is 3.03. The van der Waals surface area contributed by atoms with E-state index in [2.05, 4.69) is 5.32 Å². The monoisotopic (exact) mass is 391 g/mol. The lowest BCUT2D eigenvalue weighted by molar-refractivity contribution is -0.149. The van der Waals surface area contributed by atoms with Crippen molar-refractivity contribution in [1.82, 2.24) is 0 Å². The maximum absolute atomic E-state index is 11.9. The van der Waals surface area contributed by atoms with Crippen molar-refractivity contribution in [3.05, 3.63) is 52.5 Å². The largest absolute Gasteiger partial charge is 0.493 e. The third kappa shape index (κ3) is 6.00. The van der Waals surface area contributed by atoms with Gasteiger partial charge in [0, 0.05) is 5.56 Å². The summed E-state index contributed by atoms with van der Waals surface area (Å²) in [4.78, 5) is 34.4. The first-order valence-electron chi connectivity index (χ1n) is 7.90. The molecule has 0 saturated heterocycles. The number of nitrogens with one attached hydrogen (secondary N) is 1. The van der Waals surface area contributed by atoms with Gasteiger partial charge in [0.15, 0.2) is 24.7 Å². The van der Waals surface area contributed by atoms with Crippen LogP contribution in [0.1, 0.15) is 15.9 Å². The van der Waals surface area contributed by atoms with Crippen LogP contribution in [0.5, 0.6) is 11.5 Å². The molecule has 0 spiro atoms. The van der Waals surface area contributed by atoms with Crippen LogP contribution in [0, 0.1) is 6.92 Å². The van der Waals surface area contributed by atoms with Crippen LogP contribution >= 0.6 is 11.6 Å². The van der Waals surface area contributed by atoms with Gasteiger partial charge in [-0.3, -0.25) is 9.59 Å². The SMILES string of the molecule is COc1cc(C=O)ccc1OCC(=O)OCC(=O)Nc1ccc(C)cc1Cl. The van der Waals surface area contributed by atoms with Gasteiger partial charge in [-0.2, -0.15) is 0 Å². The van der Waals surface area contributed by atoms with Gasteiger partial charge in [-0.1, -0.05) is 17.7 Å². The number of hydrogen-bond acceptors (Lipinski definition) is 6. The Balaban J connectivity index is 1.82. The molecule has 27 heavy (non-hydrogen) atoms. The van der Waals surface area contributed by atoms with Gasteiger partial charge in [0.1, 0.15) is 6.29 Å². The fourth-order valence-corrected chi connectivity index (χ4v) is 2.39. The van der Waals surface area contributed by atoms with Crippen LogP contribution in [0.4, 0.5) is 5.69 Å². The molecule has 7 nitrogen and oxygen atoms in total. The maximum atomic E-state index is 11.9. The number of hydrogen-bond donors (Lipinski definition) is 1. The second-order valence-corrected chi connectivity index (χ2v) is 5.92. The highest BCUT2D eigenvalue weighted by Crippen LogP contribution is 2.27. The zero-order valence-electron chi connectivity index (χ0n) is 14.8. The number of esters is 1. The van der Waals surface area contributed by atoms with Gasteiger partial charge in [0.05, 0.1) is 17.8 Å². The van der Waals surface area contributed by atoms with Crippen molar-refractivity contribution >= 4 is 35.5 Å². The molecule has 142 valence electrons. The second-order valence-electron chi connectivity index (χ2n) is 5.51. The molecule has 8 heteroatoms. The van der Waals surface area contributed by atoms with E-state index >= 15 is 0 Å². The zero-order chi connectivity index (χ0) is 19.8. The first kappa shape index (κ1) is 20.3. The molecule has 1 N–H and O–H groups in total. The molecular formula is C19H18ClNO6. The van der Waals surface area contributed by atoms with Gasteiger partial charge in [-0.15, -0.1) is 0 Å². The Morgan fingerprint density at radius 3 is 2.56 bits per heavy atom. The fraction of sp³-hybridized carbons (Fsp3) is 0.211. The third-order valence-corrected chi connectivity index (χ3v) is 3.74. The summed E-state index contributed by atoms with van der Waals surface area (Å²) in [6.45, 7) is 0.976. The number of methoxy groups -OCH3 is 1. The van der Waals surface area contributed by atoms with Crippen LogP contribution in [-0.4, -0.2) is 38.5 Å². The van der Waals surface area contributed by atoms with Gasteiger partial charge in [0.2, 0.25) is 0 Å². The standard InChI is InChI=1S/C19H18ClNO6/c1-12-3-5-15(14(20)7-12)21-18(23)10-27-19(24)11-26-16-6-4-13(9-22)8-17(16)25-2/h3-9H,10-11H2,1-2H3,(H,21,23). The van der Waals surface area contributed by atoms with Crippen molar-refractivity contribution in [1.29, 1.82) is 0 Å². The summed E-state index contributed by atoms with van der Waals surface area (Å²) < 4.78 is 15.3. The number of halogens is 1. The molecule has 0 aliphatic heterocycles. The molecule has 0 heterocycles. The van der Waals surface area contributed by atoms with Crippen molar-refractivity contribution in [2.24, 2.45) is 0 Å². The number of anilines is 1. The van der Waals surface area contributed by atoms with Crippen LogP contribution in [0.3, 0.4) is 0 Å². The van der Waals surface area contributed by atoms with E-state index in [1.807, 2.05) is 6.92 Å². The lowest BCUT2D eigenvalue weighted by atomic mass is 10.2. The van der Waals surface area contributed by atoms with Gasteiger partial charge < -0.3 is 19.5 Å². The van der Waals surface area contributed by atoms with E-state index in [1.165, 1.54) is 25.3 Å². The minimum absolute atomic E-state index is 0.274. The van der Waals surface area contributed by atoms with E-state index in [0.717, 1.165) is 5.56 Å². The molecule has 2 aromatic carbocycles. The van der Waals surface area contributed by atoms with E-state index in [0.29, 0.717) is 28.3 Å². The summed E-state index contributed by atoms with van der Waals surface area (Å²) in [7, 11) is 1.41.